The van der Waals surface area contributed by atoms with Crippen molar-refractivity contribution in [1.82, 2.24) is 0 Å². The van der Waals surface area contributed by atoms with Gasteiger partial charge in [-0.15, -0.1) is 0 Å². The highest BCUT2D eigenvalue weighted by Gasteiger charge is 2.73. The highest BCUT2D eigenvalue weighted by molar-refractivity contribution is 5.87. The monoisotopic (exact) mass is 278 g/mol. The Balaban J connectivity index is 1.61. The molecule has 1 aliphatic heterocycles. The molecular formula is C16H22O4. The molecular weight excluding hydrogens is 256 g/mol. The number of aliphatic hydroxyl groups is 1. The smallest absolute Gasteiger partial charge is 0.333 e. The number of ether oxygens (including phenoxy) is 2. The molecule has 0 aromatic carbocycles. The van der Waals surface area contributed by atoms with Crippen LogP contribution in [-0.2, 0) is 14.3 Å². The Morgan fingerprint density at radius 3 is 3.00 bits per heavy atom. The van der Waals surface area contributed by atoms with E-state index >= 15 is 0 Å². The van der Waals surface area contributed by atoms with Crippen LogP contribution in [0.3, 0.4) is 0 Å². The number of hydrogen-bond donors (Lipinski definition) is 1. The molecule has 4 heteroatoms. The lowest BCUT2D eigenvalue weighted by atomic mass is 9.67. The van der Waals surface area contributed by atoms with Gasteiger partial charge in [-0.25, -0.2) is 4.79 Å². The average molecular weight is 278 g/mol. The molecule has 4 fully saturated rings. The van der Waals surface area contributed by atoms with E-state index < -0.39 is 0 Å². The molecule has 0 aromatic rings. The predicted molar refractivity (Wildman–Crippen MR) is 71.8 cm³/mol. The molecule has 4 aliphatic rings. The van der Waals surface area contributed by atoms with Crippen molar-refractivity contribution in [3.05, 3.63) is 12.2 Å². The fourth-order valence-electron chi connectivity index (χ4n) is 5.48. The molecule has 20 heavy (non-hydrogen) atoms. The van der Waals surface area contributed by atoms with Gasteiger partial charge < -0.3 is 14.6 Å². The van der Waals surface area contributed by atoms with Crippen molar-refractivity contribution >= 4 is 5.97 Å². The summed E-state index contributed by atoms with van der Waals surface area (Å²) in [5.41, 5.74) is 0.404. The molecule has 2 bridgehead atoms. The second-order valence-corrected chi connectivity index (χ2v) is 7.15. The summed E-state index contributed by atoms with van der Waals surface area (Å²) in [7, 11) is 0. The first kappa shape index (κ1) is 12.8. The number of carbonyl (C=O) groups excluding carboxylic acids is 1. The van der Waals surface area contributed by atoms with E-state index in [1.54, 1.807) is 6.92 Å². The normalized spacial score (nSPS) is 50.7. The van der Waals surface area contributed by atoms with E-state index in [1.165, 1.54) is 6.42 Å². The minimum atomic E-state index is -0.289. The molecule has 7 unspecified atom stereocenters. The van der Waals surface area contributed by atoms with E-state index in [1.807, 2.05) is 0 Å². The van der Waals surface area contributed by atoms with Crippen molar-refractivity contribution in [2.75, 3.05) is 6.61 Å². The summed E-state index contributed by atoms with van der Waals surface area (Å²) in [6, 6.07) is 0. The van der Waals surface area contributed by atoms with Gasteiger partial charge in [-0.05, 0) is 44.4 Å². The molecule has 0 spiro atoms. The fraction of sp³-hybridized carbons (Fsp3) is 0.812. The lowest BCUT2D eigenvalue weighted by molar-refractivity contribution is -0.156. The third-order valence-corrected chi connectivity index (χ3v) is 6.19. The Morgan fingerprint density at radius 2 is 2.30 bits per heavy atom. The van der Waals surface area contributed by atoms with Crippen LogP contribution in [0.15, 0.2) is 12.2 Å². The summed E-state index contributed by atoms with van der Waals surface area (Å²) >= 11 is 0. The molecule has 0 radical (unpaired) electrons. The van der Waals surface area contributed by atoms with Crippen molar-refractivity contribution in [3.63, 3.8) is 0 Å². The largest absolute Gasteiger partial charge is 0.458 e. The Hall–Kier alpha value is -0.870. The highest BCUT2D eigenvalue weighted by Crippen LogP contribution is 2.71. The van der Waals surface area contributed by atoms with E-state index in [2.05, 4.69) is 6.58 Å². The molecule has 1 saturated heterocycles. The molecule has 1 heterocycles. The number of fused-ring (bicyclic) bond motifs is 7. The zero-order valence-corrected chi connectivity index (χ0v) is 11.9. The topological polar surface area (TPSA) is 59.1 Å². The quantitative estimate of drug-likeness (QED) is 0.483. The van der Waals surface area contributed by atoms with Crippen molar-refractivity contribution in [1.29, 1.82) is 0 Å². The first-order valence-corrected chi connectivity index (χ1v) is 7.69. The summed E-state index contributed by atoms with van der Waals surface area (Å²) in [6.45, 7) is 5.52. The fourth-order valence-corrected chi connectivity index (χ4v) is 5.48. The van der Waals surface area contributed by atoms with Crippen molar-refractivity contribution in [2.45, 2.75) is 50.9 Å². The van der Waals surface area contributed by atoms with Gasteiger partial charge >= 0.3 is 5.97 Å². The molecule has 4 rings (SSSR count). The Labute approximate surface area is 119 Å². The van der Waals surface area contributed by atoms with Gasteiger partial charge in [-0.1, -0.05) is 6.58 Å². The van der Waals surface area contributed by atoms with Gasteiger partial charge in [0, 0.05) is 23.5 Å². The van der Waals surface area contributed by atoms with Gasteiger partial charge in [0.2, 0.25) is 0 Å². The van der Waals surface area contributed by atoms with Crippen molar-refractivity contribution in [3.8, 4) is 0 Å². The average Bonchev–Trinajstić information content (AvgIpc) is 2.79. The number of carbonyl (C=O) groups is 1. The lowest BCUT2D eigenvalue weighted by Gasteiger charge is -2.42. The Morgan fingerprint density at radius 1 is 1.50 bits per heavy atom. The van der Waals surface area contributed by atoms with Gasteiger partial charge in [0.1, 0.15) is 6.10 Å². The number of hydrogen-bond acceptors (Lipinski definition) is 4. The van der Waals surface area contributed by atoms with E-state index in [-0.39, 0.29) is 24.1 Å². The van der Waals surface area contributed by atoms with Crippen LogP contribution < -0.4 is 0 Å². The van der Waals surface area contributed by atoms with E-state index in [0.29, 0.717) is 29.6 Å². The van der Waals surface area contributed by atoms with Crippen molar-refractivity contribution < 1.29 is 19.4 Å². The first-order chi connectivity index (χ1) is 9.56. The van der Waals surface area contributed by atoms with Crippen LogP contribution in [0.1, 0.15) is 32.6 Å². The minimum absolute atomic E-state index is 0.0505. The molecule has 4 nitrogen and oxygen atoms in total. The number of rotatable bonds is 4. The molecule has 7 atom stereocenters. The standard InChI is InChI=1S/C16H22O4/c1-8(2)15(18)20-12-5-9-7-16(12,3-4-17)13-10(9)6-11-14(13)19-11/h9-14,17H,1,3-7H2,2H3. The van der Waals surface area contributed by atoms with Gasteiger partial charge in [-0.3, -0.25) is 0 Å². The zero-order valence-electron chi connectivity index (χ0n) is 11.9. The highest BCUT2D eigenvalue weighted by atomic mass is 16.6. The number of esters is 1. The zero-order chi connectivity index (χ0) is 14.1. The maximum absolute atomic E-state index is 11.9. The molecule has 1 N–H and O–H groups in total. The van der Waals surface area contributed by atoms with Crippen LogP contribution in [0.4, 0.5) is 0 Å². The van der Waals surface area contributed by atoms with Crippen LogP contribution in [-0.4, -0.2) is 36.0 Å². The van der Waals surface area contributed by atoms with Gasteiger partial charge in [0.25, 0.3) is 0 Å². The van der Waals surface area contributed by atoms with Gasteiger partial charge in [0.05, 0.1) is 12.2 Å². The second kappa shape index (κ2) is 4.08. The summed E-state index contributed by atoms with van der Waals surface area (Å²) in [6.07, 6.45) is 4.69. The van der Waals surface area contributed by atoms with E-state index in [0.717, 1.165) is 25.2 Å². The summed E-state index contributed by atoms with van der Waals surface area (Å²) in [5, 5.41) is 9.52. The third-order valence-electron chi connectivity index (χ3n) is 6.19. The predicted octanol–water partition coefficient (Wildman–Crippen LogP) is 1.67. The van der Waals surface area contributed by atoms with E-state index in [4.69, 9.17) is 9.47 Å². The SMILES string of the molecule is C=C(C)C(=O)OC1CC2CC1(CCO)C1C2CC2OC21. The number of epoxide rings is 1. The van der Waals surface area contributed by atoms with Crippen LogP contribution in [0.2, 0.25) is 0 Å². The number of aliphatic hydroxyl groups excluding tert-OH is 1. The van der Waals surface area contributed by atoms with E-state index in [9.17, 15) is 9.90 Å². The second-order valence-electron chi connectivity index (χ2n) is 7.15. The maximum Gasteiger partial charge on any atom is 0.333 e. The van der Waals surface area contributed by atoms with Crippen LogP contribution >= 0.6 is 0 Å². The van der Waals surface area contributed by atoms with Gasteiger partial charge in [-0.2, -0.15) is 0 Å². The lowest BCUT2D eigenvalue weighted by Crippen LogP contribution is -2.45. The molecule has 3 aliphatic carbocycles. The Bertz CT molecular complexity index is 473. The molecule has 110 valence electrons. The third kappa shape index (κ3) is 1.52. The van der Waals surface area contributed by atoms with Crippen LogP contribution in [0.5, 0.6) is 0 Å². The van der Waals surface area contributed by atoms with Crippen LogP contribution in [0, 0.1) is 23.2 Å². The van der Waals surface area contributed by atoms with Crippen molar-refractivity contribution in [2.24, 2.45) is 23.2 Å². The summed E-state index contributed by atoms with van der Waals surface area (Å²) in [5.74, 6) is 1.57. The Kier molecular flexibility index (Phi) is 2.62. The molecule has 0 amide bonds. The first-order valence-electron chi connectivity index (χ1n) is 7.69. The van der Waals surface area contributed by atoms with Crippen LogP contribution in [0.25, 0.3) is 0 Å². The molecule has 0 aromatic heterocycles. The maximum atomic E-state index is 11.9. The summed E-state index contributed by atoms with van der Waals surface area (Å²) in [4.78, 5) is 11.9. The molecule has 3 saturated carbocycles. The summed E-state index contributed by atoms with van der Waals surface area (Å²) < 4.78 is 11.5. The van der Waals surface area contributed by atoms with Gasteiger partial charge in [0.15, 0.2) is 0 Å². The minimum Gasteiger partial charge on any atom is -0.458 e.